The SMILES string of the molecule is CCCCCCCC(=O)NCCSC(=O)CCC(=O)[13CH](C(=O)OCc1ccccc1)[13C](C)=O. The van der Waals surface area contributed by atoms with Crippen molar-refractivity contribution in [3.63, 3.8) is 0 Å². The predicted molar refractivity (Wildman–Crippen MR) is 129 cm³/mol. The smallest absolute Gasteiger partial charge is 0.324 e. The molecule has 1 amide bonds. The first kappa shape index (κ1) is 28.6. The second-order valence-corrected chi connectivity index (χ2v) is 8.99. The molecule has 1 aromatic rings. The normalized spacial score (nSPS) is 11.5. The molecule has 182 valence electrons. The van der Waals surface area contributed by atoms with E-state index < -0.39 is 23.5 Å². The maximum atomic E-state index is 12.4. The second kappa shape index (κ2) is 17.1. The molecular weight excluding hydrogens is 444 g/mol. The van der Waals surface area contributed by atoms with Gasteiger partial charge in [0.1, 0.15) is 6.61 Å². The number of amides is 1. The Morgan fingerprint density at radius 2 is 1.64 bits per heavy atom. The number of ether oxygens (including phenoxy) is 1. The standard InChI is InChI=1S/C25H35NO6S/c1-3-4-5-6-10-13-22(29)26-16-17-33-23(30)15-14-21(28)24(19(2)27)25(31)32-18-20-11-8-7-9-12-20/h7-9,11-12,24H,3-6,10,13-18H2,1-2H3,(H,26,29)/i19+1,24+1. The summed E-state index contributed by atoms with van der Waals surface area (Å²) in [7, 11) is 0. The number of benzene rings is 1. The predicted octanol–water partition coefficient (Wildman–Crippen LogP) is 4.02. The van der Waals surface area contributed by atoms with Crippen LogP contribution in [-0.2, 0) is 35.3 Å². The lowest BCUT2D eigenvalue weighted by Gasteiger charge is -2.12. The number of Topliss-reactive ketones (excluding diaryl/α,β-unsaturated/α-hetero) is 2. The van der Waals surface area contributed by atoms with E-state index in [2.05, 4.69) is 12.2 Å². The van der Waals surface area contributed by atoms with Crippen molar-refractivity contribution in [2.75, 3.05) is 12.3 Å². The van der Waals surface area contributed by atoms with Gasteiger partial charge in [-0.25, -0.2) is 0 Å². The number of esters is 1. The van der Waals surface area contributed by atoms with Crippen LogP contribution in [0.25, 0.3) is 0 Å². The first-order chi connectivity index (χ1) is 15.8. The molecule has 1 atom stereocenters. The largest absolute Gasteiger partial charge is 0.460 e. The summed E-state index contributed by atoms with van der Waals surface area (Å²) in [6.45, 7) is 3.65. The van der Waals surface area contributed by atoms with Gasteiger partial charge >= 0.3 is 5.97 Å². The third-order valence-electron chi connectivity index (χ3n) is 4.96. The molecule has 1 unspecified atom stereocenters. The van der Waals surface area contributed by atoms with Gasteiger partial charge in [-0.1, -0.05) is 74.7 Å². The molecule has 0 saturated carbocycles. The Bertz CT molecular complexity index is 780. The van der Waals surface area contributed by atoms with Crippen molar-refractivity contribution in [3.05, 3.63) is 35.9 Å². The van der Waals surface area contributed by atoms with E-state index in [1.54, 1.807) is 24.3 Å². The van der Waals surface area contributed by atoms with E-state index in [0.717, 1.165) is 49.9 Å². The second-order valence-electron chi connectivity index (χ2n) is 7.84. The highest BCUT2D eigenvalue weighted by Gasteiger charge is 2.32. The summed E-state index contributed by atoms with van der Waals surface area (Å²) in [5, 5.41) is 2.56. The van der Waals surface area contributed by atoms with E-state index in [1.165, 1.54) is 6.42 Å². The van der Waals surface area contributed by atoms with Gasteiger partial charge in [-0.2, -0.15) is 0 Å². The highest BCUT2D eigenvalue weighted by molar-refractivity contribution is 8.13. The highest BCUT2D eigenvalue weighted by Crippen LogP contribution is 2.14. The number of rotatable bonds is 17. The summed E-state index contributed by atoms with van der Waals surface area (Å²) in [4.78, 5) is 60.3. The summed E-state index contributed by atoms with van der Waals surface area (Å²) >= 11 is 1.02. The van der Waals surface area contributed by atoms with E-state index in [-0.39, 0.29) is 30.5 Å². The first-order valence-corrected chi connectivity index (χ1v) is 12.5. The van der Waals surface area contributed by atoms with Gasteiger partial charge in [0.05, 0.1) is 0 Å². The number of carbonyl (C=O) groups excluding carboxylic acids is 5. The zero-order valence-corrected chi connectivity index (χ0v) is 20.4. The lowest BCUT2D eigenvalue weighted by Crippen LogP contribution is -2.32. The van der Waals surface area contributed by atoms with Crippen molar-refractivity contribution < 1.29 is 28.7 Å². The van der Waals surface area contributed by atoms with E-state index in [9.17, 15) is 24.0 Å². The number of thioether (sulfide) groups is 1. The Kier molecular flexibility index (Phi) is 14.8. The highest BCUT2D eigenvalue weighted by atomic mass is 32.2. The van der Waals surface area contributed by atoms with E-state index in [0.29, 0.717) is 18.7 Å². The average Bonchev–Trinajstić information content (AvgIpc) is 2.79. The molecular formula is C25H35NO6S. The third kappa shape index (κ3) is 13.0. The van der Waals surface area contributed by atoms with Crippen LogP contribution in [0.15, 0.2) is 30.3 Å². The van der Waals surface area contributed by atoms with Crippen molar-refractivity contribution in [2.24, 2.45) is 5.92 Å². The van der Waals surface area contributed by atoms with Gasteiger partial charge in [-0.05, 0) is 18.9 Å². The minimum atomic E-state index is -1.51. The molecule has 33 heavy (non-hydrogen) atoms. The van der Waals surface area contributed by atoms with Crippen LogP contribution in [0.2, 0.25) is 0 Å². The van der Waals surface area contributed by atoms with Crippen LogP contribution in [0.3, 0.4) is 0 Å². The summed E-state index contributed by atoms with van der Waals surface area (Å²) < 4.78 is 5.12. The molecule has 0 aliphatic rings. The molecule has 0 saturated heterocycles. The van der Waals surface area contributed by atoms with Crippen molar-refractivity contribution in [3.8, 4) is 0 Å². The van der Waals surface area contributed by atoms with E-state index >= 15 is 0 Å². The number of carbonyl (C=O) groups is 5. The van der Waals surface area contributed by atoms with Gasteiger partial charge in [0.15, 0.2) is 22.6 Å². The van der Waals surface area contributed by atoms with Crippen LogP contribution in [0.5, 0.6) is 0 Å². The summed E-state index contributed by atoms with van der Waals surface area (Å²) in [5.74, 6) is -3.24. The number of hydrogen-bond acceptors (Lipinski definition) is 7. The first-order valence-electron chi connectivity index (χ1n) is 11.5. The lowest BCUT2D eigenvalue weighted by molar-refractivity contribution is -0.156. The summed E-state index contributed by atoms with van der Waals surface area (Å²) in [5.41, 5.74) is 0.746. The van der Waals surface area contributed by atoms with Crippen molar-refractivity contribution in [2.45, 2.75) is 71.8 Å². The fourth-order valence-corrected chi connectivity index (χ4v) is 3.79. The van der Waals surface area contributed by atoms with Gasteiger partial charge in [0, 0.05) is 31.6 Å². The zero-order chi connectivity index (χ0) is 24.5. The Balaban J connectivity index is 2.27. The summed E-state index contributed by atoms with van der Waals surface area (Å²) in [6, 6.07) is 8.94. The molecule has 0 bridgehead atoms. The third-order valence-corrected chi connectivity index (χ3v) is 5.89. The minimum absolute atomic E-state index is 0.0203. The molecule has 1 rings (SSSR count). The van der Waals surface area contributed by atoms with Crippen molar-refractivity contribution in [1.29, 1.82) is 0 Å². The van der Waals surface area contributed by atoms with Crippen LogP contribution in [0, 0.1) is 5.92 Å². The average molecular weight is 480 g/mol. The molecule has 0 spiro atoms. The molecule has 0 fully saturated rings. The van der Waals surface area contributed by atoms with Crippen molar-refractivity contribution in [1.82, 2.24) is 5.32 Å². The Hall–Kier alpha value is -2.48. The fraction of sp³-hybridized carbons (Fsp3) is 0.560. The molecule has 0 heterocycles. The quantitative estimate of drug-likeness (QED) is 0.156. The van der Waals surface area contributed by atoms with Gasteiger partial charge in [-0.3, -0.25) is 24.0 Å². The molecule has 1 aromatic carbocycles. The molecule has 1 N–H and O–H groups in total. The molecule has 0 aliphatic carbocycles. The fourth-order valence-electron chi connectivity index (χ4n) is 3.11. The van der Waals surface area contributed by atoms with Gasteiger partial charge in [-0.15, -0.1) is 0 Å². The summed E-state index contributed by atoms with van der Waals surface area (Å²) in [6.07, 6.45) is 5.60. The maximum Gasteiger partial charge on any atom is 0.324 e. The van der Waals surface area contributed by atoms with E-state index in [1.807, 2.05) is 6.07 Å². The monoisotopic (exact) mass is 479 g/mol. The van der Waals surface area contributed by atoms with Gasteiger partial charge in [0.25, 0.3) is 0 Å². The molecule has 0 radical (unpaired) electrons. The van der Waals surface area contributed by atoms with Crippen LogP contribution in [0.4, 0.5) is 0 Å². The van der Waals surface area contributed by atoms with Gasteiger partial charge < -0.3 is 10.1 Å². The molecule has 7 nitrogen and oxygen atoms in total. The number of nitrogens with one attached hydrogen (secondary N) is 1. The molecule has 0 aromatic heterocycles. The maximum absolute atomic E-state index is 12.4. The van der Waals surface area contributed by atoms with Crippen LogP contribution >= 0.6 is 11.8 Å². The van der Waals surface area contributed by atoms with Crippen LogP contribution in [0.1, 0.15) is 70.8 Å². The number of ketones is 2. The number of hydrogen-bond donors (Lipinski definition) is 1. The van der Waals surface area contributed by atoms with Crippen LogP contribution in [-0.4, -0.2) is 40.9 Å². The van der Waals surface area contributed by atoms with Crippen molar-refractivity contribution >= 4 is 40.3 Å². The Labute approximate surface area is 200 Å². The van der Waals surface area contributed by atoms with Crippen LogP contribution < -0.4 is 5.32 Å². The number of unbranched alkanes of at least 4 members (excludes halogenated alkanes) is 4. The Morgan fingerprint density at radius 3 is 2.30 bits per heavy atom. The minimum Gasteiger partial charge on any atom is -0.460 e. The van der Waals surface area contributed by atoms with Gasteiger partial charge in [0.2, 0.25) is 5.91 Å². The molecule has 8 heteroatoms. The lowest BCUT2D eigenvalue weighted by atomic mass is 10.1. The molecule has 0 aliphatic heterocycles. The van der Waals surface area contributed by atoms with E-state index in [4.69, 9.17) is 4.74 Å². The zero-order valence-electron chi connectivity index (χ0n) is 19.6. The topological polar surface area (TPSA) is 107 Å². The Morgan fingerprint density at radius 1 is 0.939 bits per heavy atom.